The molecule has 84 valence electrons. The predicted molar refractivity (Wildman–Crippen MR) is 54.7 cm³/mol. The van der Waals surface area contributed by atoms with E-state index >= 15 is 0 Å². The van der Waals surface area contributed by atoms with Gasteiger partial charge in [0, 0.05) is 5.56 Å². The fraction of sp³-hybridized carbons (Fsp3) is 0.364. The third kappa shape index (κ3) is 1.44. The van der Waals surface area contributed by atoms with Crippen LogP contribution in [0.3, 0.4) is 0 Å². The van der Waals surface area contributed by atoms with Crippen molar-refractivity contribution in [3.8, 4) is 11.5 Å². The lowest BCUT2D eigenvalue weighted by Crippen LogP contribution is -2.22. The van der Waals surface area contributed by atoms with Gasteiger partial charge in [-0.1, -0.05) is 12.1 Å². The van der Waals surface area contributed by atoms with Crippen LogP contribution in [-0.2, 0) is 4.74 Å². The van der Waals surface area contributed by atoms with Crippen LogP contribution in [-0.4, -0.2) is 25.9 Å². The number of alkyl carbamates (subject to hydrolysis) is 1. The molecule has 1 aromatic carbocycles. The highest BCUT2D eigenvalue weighted by Gasteiger charge is 2.28. The summed E-state index contributed by atoms with van der Waals surface area (Å²) in [6.07, 6.45) is -0.390. The second kappa shape index (κ2) is 3.59. The first-order valence-corrected chi connectivity index (χ1v) is 5.16. The van der Waals surface area contributed by atoms with Crippen molar-refractivity contribution < 1.29 is 19.0 Å². The van der Waals surface area contributed by atoms with Gasteiger partial charge in [0.15, 0.2) is 11.5 Å². The Balaban J connectivity index is 1.97. The highest BCUT2D eigenvalue weighted by molar-refractivity contribution is 5.70. The van der Waals surface area contributed by atoms with Crippen molar-refractivity contribution in [1.29, 1.82) is 0 Å². The largest absolute Gasteiger partial charge is 0.486 e. The molecule has 1 amide bonds. The second-order valence-electron chi connectivity index (χ2n) is 3.67. The number of carbonyl (C=O) groups is 1. The number of rotatable bonds is 1. The minimum atomic E-state index is -0.390. The molecule has 0 bridgehead atoms. The Kier molecular flexibility index (Phi) is 2.09. The molecule has 0 spiro atoms. The van der Waals surface area contributed by atoms with E-state index in [0.717, 1.165) is 11.3 Å². The van der Waals surface area contributed by atoms with Crippen LogP contribution in [0.2, 0.25) is 0 Å². The zero-order chi connectivity index (χ0) is 11.0. The van der Waals surface area contributed by atoms with Crippen LogP contribution in [0.5, 0.6) is 11.5 Å². The minimum absolute atomic E-state index is 0.149. The second-order valence-corrected chi connectivity index (χ2v) is 3.67. The zero-order valence-corrected chi connectivity index (χ0v) is 8.56. The lowest BCUT2D eigenvalue weighted by atomic mass is 10.1. The van der Waals surface area contributed by atoms with Crippen molar-refractivity contribution in [2.45, 2.75) is 6.04 Å². The van der Waals surface area contributed by atoms with Gasteiger partial charge in [0.1, 0.15) is 19.8 Å². The fourth-order valence-corrected chi connectivity index (χ4v) is 1.92. The van der Waals surface area contributed by atoms with E-state index in [9.17, 15) is 4.79 Å². The van der Waals surface area contributed by atoms with E-state index in [4.69, 9.17) is 14.2 Å². The van der Waals surface area contributed by atoms with Crippen LogP contribution in [0.1, 0.15) is 11.6 Å². The SMILES string of the molecule is O=C1NC(c2cccc3c2OCCO3)CO1. The van der Waals surface area contributed by atoms with Crippen LogP contribution >= 0.6 is 0 Å². The first-order valence-electron chi connectivity index (χ1n) is 5.16. The van der Waals surface area contributed by atoms with Gasteiger partial charge in [0.2, 0.25) is 0 Å². The van der Waals surface area contributed by atoms with Gasteiger partial charge in [-0.2, -0.15) is 0 Å². The van der Waals surface area contributed by atoms with Gasteiger partial charge < -0.3 is 19.5 Å². The maximum Gasteiger partial charge on any atom is 0.407 e. The topological polar surface area (TPSA) is 56.8 Å². The first kappa shape index (κ1) is 9.33. The zero-order valence-electron chi connectivity index (χ0n) is 8.56. The first-order chi connectivity index (χ1) is 7.84. The molecule has 3 rings (SSSR count). The average Bonchev–Trinajstić information content (AvgIpc) is 2.75. The Morgan fingerprint density at radius 3 is 2.88 bits per heavy atom. The van der Waals surface area contributed by atoms with Gasteiger partial charge in [0.25, 0.3) is 0 Å². The monoisotopic (exact) mass is 221 g/mol. The van der Waals surface area contributed by atoms with Crippen molar-refractivity contribution in [2.75, 3.05) is 19.8 Å². The van der Waals surface area contributed by atoms with Gasteiger partial charge in [-0.15, -0.1) is 0 Å². The molecule has 1 fully saturated rings. The maximum absolute atomic E-state index is 11.0. The van der Waals surface area contributed by atoms with E-state index in [1.54, 1.807) is 0 Å². The number of nitrogens with one attached hydrogen (secondary N) is 1. The normalized spacial score (nSPS) is 22.5. The van der Waals surface area contributed by atoms with Crippen molar-refractivity contribution in [1.82, 2.24) is 5.32 Å². The Morgan fingerprint density at radius 1 is 1.19 bits per heavy atom. The number of hydrogen-bond acceptors (Lipinski definition) is 4. The molecule has 1 saturated heterocycles. The summed E-state index contributed by atoms with van der Waals surface area (Å²) in [6, 6.07) is 5.50. The van der Waals surface area contributed by atoms with E-state index in [-0.39, 0.29) is 12.1 Å². The van der Waals surface area contributed by atoms with Crippen molar-refractivity contribution >= 4 is 6.09 Å². The molecule has 1 N–H and O–H groups in total. The molecule has 0 radical (unpaired) electrons. The average molecular weight is 221 g/mol. The van der Waals surface area contributed by atoms with E-state index in [1.807, 2.05) is 18.2 Å². The van der Waals surface area contributed by atoms with E-state index in [1.165, 1.54) is 0 Å². The van der Waals surface area contributed by atoms with Gasteiger partial charge in [-0.05, 0) is 6.07 Å². The Labute approximate surface area is 92.3 Å². The van der Waals surface area contributed by atoms with Crippen LogP contribution in [0.15, 0.2) is 18.2 Å². The minimum Gasteiger partial charge on any atom is -0.486 e. The summed E-state index contributed by atoms with van der Waals surface area (Å²) in [4.78, 5) is 11.0. The lowest BCUT2D eigenvalue weighted by Gasteiger charge is -2.22. The third-order valence-electron chi connectivity index (χ3n) is 2.65. The number of benzene rings is 1. The highest BCUT2D eigenvalue weighted by Crippen LogP contribution is 2.37. The van der Waals surface area contributed by atoms with E-state index in [0.29, 0.717) is 25.6 Å². The van der Waals surface area contributed by atoms with Gasteiger partial charge in [-0.25, -0.2) is 4.79 Å². The van der Waals surface area contributed by atoms with Crippen LogP contribution in [0, 0.1) is 0 Å². The molecule has 1 aromatic rings. The Bertz CT molecular complexity index is 432. The quantitative estimate of drug-likeness (QED) is 0.775. The van der Waals surface area contributed by atoms with Gasteiger partial charge >= 0.3 is 6.09 Å². The van der Waals surface area contributed by atoms with E-state index in [2.05, 4.69) is 5.32 Å². The lowest BCUT2D eigenvalue weighted by molar-refractivity contribution is 0.167. The number of para-hydroxylation sites is 1. The summed E-state index contributed by atoms with van der Waals surface area (Å²) < 4.78 is 15.9. The number of cyclic esters (lactones) is 1. The van der Waals surface area contributed by atoms with Crippen molar-refractivity contribution in [3.05, 3.63) is 23.8 Å². The number of carbonyl (C=O) groups excluding carboxylic acids is 1. The molecule has 2 heterocycles. The summed E-state index contributed by atoms with van der Waals surface area (Å²) in [5, 5.41) is 2.72. The van der Waals surface area contributed by atoms with Gasteiger partial charge in [0.05, 0.1) is 6.04 Å². The Morgan fingerprint density at radius 2 is 2.06 bits per heavy atom. The number of ether oxygens (including phenoxy) is 3. The molecular formula is C11H11NO4. The van der Waals surface area contributed by atoms with Crippen molar-refractivity contribution in [2.24, 2.45) is 0 Å². The van der Waals surface area contributed by atoms with Gasteiger partial charge in [-0.3, -0.25) is 0 Å². The number of amides is 1. The summed E-state index contributed by atoms with van der Waals surface area (Å²) in [5.41, 5.74) is 0.906. The summed E-state index contributed by atoms with van der Waals surface area (Å²) in [7, 11) is 0. The standard InChI is InChI=1S/C11H11NO4/c13-11-12-8(6-16-11)7-2-1-3-9-10(7)15-5-4-14-9/h1-3,8H,4-6H2,(H,12,13). The summed E-state index contributed by atoms with van der Waals surface area (Å²) in [5.74, 6) is 1.44. The number of fused-ring (bicyclic) bond motifs is 1. The van der Waals surface area contributed by atoms with Crippen LogP contribution in [0.4, 0.5) is 4.79 Å². The summed E-state index contributed by atoms with van der Waals surface area (Å²) in [6.45, 7) is 1.42. The Hall–Kier alpha value is -1.91. The summed E-state index contributed by atoms with van der Waals surface area (Å²) >= 11 is 0. The van der Waals surface area contributed by atoms with Crippen molar-refractivity contribution in [3.63, 3.8) is 0 Å². The van der Waals surface area contributed by atoms with Crippen LogP contribution < -0.4 is 14.8 Å². The number of hydrogen-bond donors (Lipinski definition) is 1. The molecular weight excluding hydrogens is 210 g/mol. The third-order valence-corrected chi connectivity index (χ3v) is 2.65. The molecule has 5 heteroatoms. The molecule has 5 nitrogen and oxygen atoms in total. The molecule has 0 saturated carbocycles. The fourth-order valence-electron chi connectivity index (χ4n) is 1.92. The smallest absolute Gasteiger partial charge is 0.407 e. The molecule has 2 aliphatic heterocycles. The predicted octanol–water partition coefficient (Wildman–Crippen LogP) is 1.24. The highest BCUT2D eigenvalue weighted by atomic mass is 16.6. The molecule has 0 aromatic heterocycles. The van der Waals surface area contributed by atoms with E-state index < -0.39 is 0 Å². The molecule has 1 atom stereocenters. The maximum atomic E-state index is 11.0. The molecule has 2 aliphatic rings. The molecule has 0 aliphatic carbocycles. The molecule has 16 heavy (non-hydrogen) atoms. The van der Waals surface area contributed by atoms with Crippen LogP contribution in [0.25, 0.3) is 0 Å². The molecule has 1 unspecified atom stereocenters.